The second-order valence-electron chi connectivity index (χ2n) is 16.2. The predicted molar refractivity (Wildman–Crippen MR) is 219 cm³/mol. The summed E-state index contributed by atoms with van der Waals surface area (Å²) in [6.07, 6.45) is 0.946. The number of ketones is 4. The molecule has 1 aliphatic rings. The van der Waals surface area contributed by atoms with Crippen LogP contribution in [-0.2, 0) is 32.5 Å². The van der Waals surface area contributed by atoms with E-state index < -0.39 is 22.2 Å². The first-order valence-electron chi connectivity index (χ1n) is 18.8. The number of carbonyl (C=O) groups is 4. The Balaban J connectivity index is 1.57. The van der Waals surface area contributed by atoms with Gasteiger partial charge in [-0.05, 0) is 99.9 Å². The van der Waals surface area contributed by atoms with Gasteiger partial charge < -0.3 is 14.2 Å². The third-order valence-electron chi connectivity index (χ3n) is 11.5. The Bertz CT molecular complexity index is 2220. The minimum Gasteiger partial charge on any atom is -0.371 e. The molecule has 0 saturated carbocycles. The average molecular weight is 751 g/mol. The molecule has 0 aromatic heterocycles. The van der Waals surface area contributed by atoms with Gasteiger partial charge in [0.2, 0.25) is 0 Å². The fourth-order valence-electron chi connectivity index (χ4n) is 7.54. The van der Waals surface area contributed by atoms with Crippen LogP contribution in [0.1, 0.15) is 111 Å². The number of carbonyl (C=O) groups excluding carboxylic acids is 4. The summed E-state index contributed by atoms with van der Waals surface area (Å²) in [5.41, 5.74) is 4.63. The molecule has 288 valence electrons. The topological polar surface area (TPSA) is 96.0 Å². The zero-order chi connectivity index (χ0) is 40.6. The number of hydrogen-bond donors (Lipinski definition) is 0. The normalized spacial score (nSPS) is 13.5. The maximum atomic E-state index is 14.0. The highest BCUT2D eigenvalue weighted by molar-refractivity contribution is 6.10. The Morgan fingerprint density at radius 1 is 0.446 bits per heavy atom. The summed E-state index contributed by atoms with van der Waals surface area (Å²) in [5.74, 6) is -0.503. The molecule has 0 atom stereocenters. The van der Waals surface area contributed by atoms with Crippen LogP contribution in [0.3, 0.4) is 0 Å². The van der Waals surface area contributed by atoms with E-state index in [-0.39, 0.29) is 23.1 Å². The number of fused-ring (bicyclic) bond motifs is 3. The Hall–Kier alpha value is -5.34. The van der Waals surface area contributed by atoms with Crippen molar-refractivity contribution in [3.8, 4) is 11.1 Å². The summed E-state index contributed by atoms with van der Waals surface area (Å²) in [6, 6.07) is 36.1. The molecular formula is C49H50O7. The zero-order valence-corrected chi connectivity index (χ0v) is 33.7. The van der Waals surface area contributed by atoms with E-state index in [9.17, 15) is 19.2 Å². The first-order chi connectivity index (χ1) is 26.5. The van der Waals surface area contributed by atoms with Crippen molar-refractivity contribution in [1.82, 2.24) is 0 Å². The zero-order valence-electron chi connectivity index (χ0n) is 33.7. The SMILES string of the molecule is COC(C)(C)C(=O)c1ccc(CC2(Cc3ccc(C(=O)C(C)(C)OC)cc3)c3cc(C(=O)c4ccccc4)ccc3-c3ccc(C(=O)C(C)(C)OC)cc32)cc1. The number of rotatable bonds is 15. The second kappa shape index (κ2) is 15.3. The van der Waals surface area contributed by atoms with E-state index in [1.54, 1.807) is 41.5 Å². The van der Waals surface area contributed by atoms with Gasteiger partial charge >= 0.3 is 0 Å². The molecule has 0 amide bonds. The average Bonchev–Trinajstić information content (AvgIpc) is 3.47. The van der Waals surface area contributed by atoms with Gasteiger partial charge in [0, 0.05) is 54.6 Å². The highest BCUT2D eigenvalue weighted by Gasteiger charge is 2.45. The van der Waals surface area contributed by atoms with Crippen molar-refractivity contribution in [3.63, 3.8) is 0 Å². The Morgan fingerprint density at radius 2 is 0.804 bits per heavy atom. The molecule has 0 heterocycles. The van der Waals surface area contributed by atoms with E-state index >= 15 is 0 Å². The summed E-state index contributed by atoms with van der Waals surface area (Å²) < 4.78 is 16.6. The Morgan fingerprint density at radius 3 is 1.21 bits per heavy atom. The first-order valence-corrected chi connectivity index (χ1v) is 18.8. The highest BCUT2D eigenvalue weighted by atomic mass is 16.5. The molecule has 0 bridgehead atoms. The minimum absolute atomic E-state index is 0.0942. The van der Waals surface area contributed by atoms with Crippen LogP contribution in [-0.4, -0.2) is 61.3 Å². The number of methoxy groups -OCH3 is 3. The molecule has 6 rings (SSSR count). The van der Waals surface area contributed by atoms with Crippen LogP contribution < -0.4 is 0 Å². The standard InChI is InChI=1S/C49H50O7/c1-46(2,54-7)43(51)34-19-15-31(16-20-34)29-49(30-32-17-21-35(22-18-32)44(52)47(3,4)55-8)40-27-36(42(50)33-13-11-10-12-14-33)23-25-38(40)39-26-24-37(28-41(39)49)45(53)48(5,6)56-9/h10-28H,29-30H2,1-9H3. The summed E-state index contributed by atoms with van der Waals surface area (Å²) in [6.45, 7) is 10.5. The van der Waals surface area contributed by atoms with Gasteiger partial charge in [-0.15, -0.1) is 0 Å². The fourth-order valence-corrected chi connectivity index (χ4v) is 7.54. The van der Waals surface area contributed by atoms with E-state index in [4.69, 9.17) is 14.2 Å². The van der Waals surface area contributed by atoms with Crippen LogP contribution in [0, 0.1) is 0 Å². The second-order valence-corrected chi connectivity index (χ2v) is 16.2. The van der Waals surface area contributed by atoms with Gasteiger partial charge in [-0.1, -0.05) is 103 Å². The first kappa shape index (κ1) is 40.3. The van der Waals surface area contributed by atoms with Crippen molar-refractivity contribution >= 4 is 23.1 Å². The van der Waals surface area contributed by atoms with Gasteiger partial charge in [0.05, 0.1) is 0 Å². The van der Waals surface area contributed by atoms with Gasteiger partial charge in [-0.2, -0.15) is 0 Å². The number of Topliss-reactive ketones (excluding diaryl/α,β-unsaturated/α-hetero) is 3. The molecule has 5 aromatic rings. The van der Waals surface area contributed by atoms with E-state index in [0.717, 1.165) is 33.4 Å². The molecule has 7 heteroatoms. The molecule has 1 aliphatic carbocycles. The molecule has 0 unspecified atom stereocenters. The molecule has 0 N–H and O–H groups in total. The maximum Gasteiger partial charge on any atom is 0.194 e. The third-order valence-corrected chi connectivity index (χ3v) is 11.5. The lowest BCUT2D eigenvalue weighted by Gasteiger charge is -2.34. The Kier molecular flexibility index (Phi) is 11.0. The van der Waals surface area contributed by atoms with Crippen molar-refractivity contribution in [2.45, 2.75) is 76.6 Å². The molecule has 56 heavy (non-hydrogen) atoms. The van der Waals surface area contributed by atoms with Crippen molar-refractivity contribution < 1.29 is 33.4 Å². The van der Waals surface area contributed by atoms with Crippen LogP contribution in [0.2, 0.25) is 0 Å². The maximum absolute atomic E-state index is 14.0. The fraction of sp³-hybridized carbons (Fsp3) is 0.306. The number of ether oxygens (including phenoxy) is 3. The van der Waals surface area contributed by atoms with Gasteiger partial charge in [-0.3, -0.25) is 19.2 Å². The highest BCUT2D eigenvalue weighted by Crippen LogP contribution is 2.53. The molecule has 0 aliphatic heterocycles. The largest absolute Gasteiger partial charge is 0.371 e. The van der Waals surface area contributed by atoms with Gasteiger partial charge in [0.25, 0.3) is 0 Å². The van der Waals surface area contributed by atoms with E-state index in [2.05, 4.69) is 0 Å². The minimum atomic E-state index is -1.06. The monoisotopic (exact) mass is 750 g/mol. The summed E-state index contributed by atoms with van der Waals surface area (Å²) in [7, 11) is 4.58. The third kappa shape index (κ3) is 7.47. The van der Waals surface area contributed by atoms with Crippen molar-refractivity contribution in [1.29, 1.82) is 0 Å². The van der Waals surface area contributed by atoms with Crippen molar-refractivity contribution in [2.24, 2.45) is 0 Å². The number of benzene rings is 5. The van der Waals surface area contributed by atoms with Gasteiger partial charge in [0.15, 0.2) is 23.1 Å². The molecule has 0 fully saturated rings. The lowest BCUT2D eigenvalue weighted by molar-refractivity contribution is 0.0228. The van der Waals surface area contributed by atoms with Crippen LogP contribution >= 0.6 is 0 Å². The van der Waals surface area contributed by atoms with Crippen LogP contribution in [0.5, 0.6) is 0 Å². The van der Waals surface area contributed by atoms with Gasteiger partial charge in [-0.25, -0.2) is 0 Å². The predicted octanol–water partition coefficient (Wildman–Crippen LogP) is 9.49. The lowest BCUT2D eigenvalue weighted by atomic mass is 9.68. The van der Waals surface area contributed by atoms with E-state index in [1.807, 2.05) is 115 Å². The summed E-state index contributed by atoms with van der Waals surface area (Å²) in [5, 5.41) is 0. The van der Waals surface area contributed by atoms with E-state index in [1.165, 1.54) is 21.3 Å². The number of hydrogen-bond acceptors (Lipinski definition) is 7. The van der Waals surface area contributed by atoms with Gasteiger partial charge in [0.1, 0.15) is 16.8 Å². The molecule has 5 aromatic carbocycles. The van der Waals surface area contributed by atoms with Crippen LogP contribution in [0.15, 0.2) is 115 Å². The van der Waals surface area contributed by atoms with E-state index in [0.29, 0.717) is 40.7 Å². The summed E-state index contributed by atoms with van der Waals surface area (Å²) in [4.78, 5) is 54.6. The van der Waals surface area contributed by atoms with Crippen molar-refractivity contribution in [3.05, 3.63) is 165 Å². The van der Waals surface area contributed by atoms with Crippen LogP contribution in [0.4, 0.5) is 0 Å². The lowest BCUT2D eigenvalue weighted by Crippen LogP contribution is -2.35. The molecule has 0 saturated heterocycles. The smallest absolute Gasteiger partial charge is 0.194 e. The molecular weight excluding hydrogens is 701 g/mol. The van der Waals surface area contributed by atoms with Crippen molar-refractivity contribution in [2.75, 3.05) is 21.3 Å². The molecule has 7 nitrogen and oxygen atoms in total. The molecule has 0 radical (unpaired) electrons. The van der Waals surface area contributed by atoms with Crippen LogP contribution in [0.25, 0.3) is 11.1 Å². The summed E-state index contributed by atoms with van der Waals surface area (Å²) >= 11 is 0. The quantitative estimate of drug-likeness (QED) is 0.0984. The molecule has 0 spiro atoms. The Labute approximate surface area is 330 Å².